The molecule has 0 bridgehead atoms. The number of hydrogen-bond acceptors (Lipinski definition) is 7. The third kappa shape index (κ3) is 4.93. The number of anilines is 3. The molecular weight excluding hydrogens is 482 g/mol. The van der Waals surface area contributed by atoms with Crippen molar-refractivity contribution in [2.45, 2.75) is 6.42 Å². The smallest absolute Gasteiger partial charge is 0.228 e. The monoisotopic (exact) mass is 503 g/mol. The number of benzene rings is 2. The fourth-order valence-corrected chi connectivity index (χ4v) is 4.79. The SMILES string of the molecule is O=C(Cc1ccccc1)Nc1cccc(-c2nc3sccn3c2-c2ccnc(Nc3ccncc3)n2)c1. The summed E-state index contributed by atoms with van der Waals surface area (Å²) in [4.78, 5) is 31.6. The first-order valence-corrected chi connectivity index (χ1v) is 12.5. The summed E-state index contributed by atoms with van der Waals surface area (Å²) in [5.41, 5.74) is 5.76. The first-order valence-electron chi connectivity index (χ1n) is 11.6. The van der Waals surface area contributed by atoms with Gasteiger partial charge in [0.15, 0.2) is 4.96 Å². The number of amides is 1. The summed E-state index contributed by atoms with van der Waals surface area (Å²) in [5.74, 6) is 0.402. The van der Waals surface area contributed by atoms with Gasteiger partial charge in [-0.15, -0.1) is 11.3 Å². The third-order valence-corrected chi connectivity index (χ3v) is 6.48. The van der Waals surface area contributed by atoms with Crippen molar-refractivity contribution < 1.29 is 4.79 Å². The van der Waals surface area contributed by atoms with Gasteiger partial charge in [0.05, 0.1) is 17.8 Å². The van der Waals surface area contributed by atoms with Crippen molar-refractivity contribution in [2.24, 2.45) is 0 Å². The summed E-state index contributed by atoms with van der Waals surface area (Å²) >= 11 is 1.55. The number of fused-ring (bicyclic) bond motifs is 1. The summed E-state index contributed by atoms with van der Waals surface area (Å²) < 4.78 is 2.03. The van der Waals surface area contributed by atoms with Crippen LogP contribution < -0.4 is 10.6 Å². The molecule has 9 heteroatoms. The zero-order valence-electron chi connectivity index (χ0n) is 19.6. The molecule has 0 unspecified atom stereocenters. The van der Waals surface area contributed by atoms with E-state index in [1.54, 1.807) is 29.9 Å². The van der Waals surface area contributed by atoms with Crippen LogP contribution in [0.25, 0.3) is 27.6 Å². The van der Waals surface area contributed by atoms with E-state index in [4.69, 9.17) is 9.97 Å². The van der Waals surface area contributed by atoms with E-state index in [1.807, 2.05) is 88.8 Å². The highest BCUT2D eigenvalue weighted by Crippen LogP contribution is 2.34. The minimum atomic E-state index is -0.0722. The van der Waals surface area contributed by atoms with E-state index in [1.165, 1.54) is 0 Å². The summed E-state index contributed by atoms with van der Waals surface area (Å²) in [6.07, 6.45) is 7.44. The van der Waals surface area contributed by atoms with Crippen molar-refractivity contribution in [3.8, 4) is 22.6 Å². The van der Waals surface area contributed by atoms with Gasteiger partial charge in [-0.25, -0.2) is 15.0 Å². The Labute approximate surface area is 216 Å². The predicted octanol–water partition coefficient (Wildman–Crippen LogP) is 5.84. The maximum atomic E-state index is 12.6. The van der Waals surface area contributed by atoms with E-state index in [0.717, 1.165) is 38.9 Å². The molecule has 0 fully saturated rings. The number of nitrogens with zero attached hydrogens (tertiary/aromatic N) is 5. The molecule has 0 spiro atoms. The average Bonchev–Trinajstić information content (AvgIpc) is 3.52. The molecule has 0 aliphatic carbocycles. The first-order chi connectivity index (χ1) is 18.2. The molecule has 0 aliphatic rings. The van der Waals surface area contributed by atoms with Crippen molar-refractivity contribution in [3.63, 3.8) is 0 Å². The van der Waals surface area contributed by atoms with Crippen LogP contribution in [0.1, 0.15) is 5.56 Å². The fourth-order valence-electron chi connectivity index (χ4n) is 4.08. The highest BCUT2D eigenvalue weighted by molar-refractivity contribution is 7.15. The third-order valence-electron chi connectivity index (χ3n) is 5.72. The molecule has 0 saturated heterocycles. The number of thiazole rings is 1. The highest BCUT2D eigenvalue weighted by atomic mass is 32.1. The Morgan fingerprint density at radius 3 is 2.62 bits per heavy atom. The van der Waals surface area contributed by atoms with Crippen molar-refractivity contribution >= 4 is 39.5 Å². The normalized spacial score (nSPS) is 10.9. The number of imidazole rings is 1. The molecule has 0 atom stereocenters. The molecule has 0 saturated carbocycles. The van der Waals surface area contributed by atoms with Crippen LogP contribution in [0, 0.1) is 0 Å². The van der Waals surface area contributed by atoms with Gasteiger partial charge < -0.3 is 10.6 Å². The average molecular weight is 504 g/mol. The zero-order chi connectivity index (χ0) is 25.0. The molecule has 2 N–H and O–H groups in total. The van der Waals surface area contributed by atoms with Gasteiger partial charge in [0.25, 0.3) is 0 Å². The van der Waals surface area contributed by atoms with Gasteiger partial charge >= 0.3 is 0 Å². The summed E-state index contributed by atoms with van der Waals surface area (Å²) in [7, 11) is 0. The van der Waals surface area contributed by atoms with E-state index < -0.39 is 0 Å². The van der Waals surface area contributed by atoms with Crippen molar-refractivity contribution in [1.29, 1.82) is 0 Å². The summed E-state index contributed by atoms with van der Waals surface area (Å²) in [6.45, 7) is 0. The molecule has 180 valence electrons. The minimum Gasteiger partial charge on any atom is -0.326 e. The number of pyridine rings is 1. The molecule has 37 heavy (non-hydrogen) atoms. The number of rotatable bonds is 7. The second kappa shape index (κ2) is 10.00. The first kappa shape index (κ1) is 22.6. The topological polar surface area (TPSA) is 97.1 Å². The van der Waals surface area contributed by atoms with Gasteiger partial charge in [-0.2, -0.15) is 0 Å². The van der Waals surface area contributed by atoms with Crippen LogP contribution in [-0.4, -0.2) is 30.2 Å². The van der Waals surface area contributed by atoms with Crippen LogP contribution in [0.3, 0.4) is 0 Å². The number of hydrogen-bond donors (Lipinski definition) is 2. The van der Waals surface area contributed by atoms with Gasteiger partial charge in [0, 0.05) is 47.1 Å². The Morgan fingerprint density at radius 1 is 0.892 bits per heavy atom. The van der Waals surface area contributed by atoms with Crippen LogP contribution >= 0.6 is 11.3 Å². The molecule has 4 aromatic heterocycles. The maximum absolute atomic E-state index is 12.6. The maximum Gasteiger partial charge on any atom is 0.228 e. The number of nitrogens with one attached hydrogen (secondary N) is 2. The Hall–Kier alpha value is -4.89. The molecule has 6 aromatic rings. The van der Waals surface area contributed by atoms with Crippen LogP contribution in [0.4, 0.5) is 17.3 Å². The highest BCUT2D eigenvalue weighted by Gasteiger charge is 2.19. The summed E-state index contributed by atoms with van der Waals surface area (Å²) in [5, 5.41) is 8.23. The summed E-state index contributed by atoms with van der Waals surface area (Å²) in [6, 6.07) is 23.0. The van der Waals surface area contributed by atoms with Gasteiger partial charge in [-0.3, -0.25) is 14.2 Å². The number of carbonyl (C=O) groups excluding carboxylic acids is 1. The Bertz CT molecular complexity index is 1680. The van der Waals surface area contributed by atoms with Crippen LogP contribution in [0.15, 0.2) is 103 Å². The molecule has 6 rings (SSSR count). The van der Waals surface area contributed by atoms with E-state index in [-0.39, 0.29) is 5.91 Å². The number of aromatic nitrogens is 5. The van der Waals surface area contributed by atoms with Crippen LogP contribution in [0.5, 0.6) is 0 Å². The Morgan fingerprint density at radius 2 is 1.76 bits per heavy atom. The quantitative estimate of drug-likeness (QED) is 0.284. The molecule has 4 heterocycles. The van der Waals surface area contributed by atoms with Crippen molar-refractivity contribution in [3.05, 3.63) is 109 Å². The fraction of sp³-hybridized carbons (Fsp3) is 0.0357. The van der Waals surface area contributed by atoms with Gasteiger partial charge in [0.1, 0.15) is 5.69 Å². The standard InChI is InChI=1S/C28H21N7OS/c36-24(17-19-5-2-1-3-6-19)31-22-8-4-7-20(18-22)25-26(35-15-16-37-28(35)34-25)23-11-14-30-27(33-23)32-21-9-12-29-13-10-21/h1-16,18H,17H2,(H,31,36)(H,29,30,32,33). The van der Waals surface area contributed by atoms with E-state index in [2.05, 4.69) is 20.6 Å². The zero-order valence-corrected chi connectivity index (χ0v) is 20.4. The Kier molecular flexibility index (Phi) is 6.10. The van der Waals surface area contributed by atoms with E-state index in [9.17, 15) is 4.79 Å². The largest absolute Gasteiger partial charge is 0.326 e. The van der Waals surface area contributed by atoms with Crippen LogP contribution in [-0.2, 0) is 11.2 Å². The molecule has 0 radical (unpaired) electrons. The van der Waals surface area contributed by atoms with E-state index in [0.29, 0.717) is 18.1 Å². The van der Waals surface area contributed by atoms with E-state index >= 15 is 0 Å². The second-order valence-electron chi connectivity index (χ2n) is 8.28. The molecule has 0 aliphatic heterocycles. The molecule has 8 nitrogen and oxygen atoms in total. The van der Waals surface area contributed by atoms with Gasteiger partial charge in [-0.1, -0.05) is 42.5 Å². The van der Waals surface area contributed by atoms with Crippen molar-refractivity contribution in [2.75, 3.05) is 10.6 Å². The van der Waals surface area contributed by atoms with Gasteiger partial charge in [0.2, 0.25) is 11.9 Å². The molecular formula is C28H21N7OS. The lowest BCUT2D eigenvalue weighted by atomic mass is 10.1. The molecule has 2 aromatic carbocycles. The molecule has 1 amide bonds. The lowest BCUT2D eigenvalue weighted by Gasteiger charge is -2.09. The second-order valence-corrected chi connectivity index (χ2v) is 9.16. The lowest BCUT2D eigenvalue weighted by molar-refractivity contribution is -0.115. The van der Waals surface area contributed by atoms with Gasteiger partial charge in [-0.05, 0) is 35.9 Å². The minimum absolute atomic E-state index is 0.0722. The Balaban J connectivity index is 1.33. The number of carbonyl (C=O) groups is 1. The van der Waals surface area contributed by atoms with Crippen LogP contribution in [0.2, 0.25) is 0 Å². The predicted molar refractivity (Wildman–Crippen MR) is 146 cm³/mol. The van der Waals surface area contributed by atoms with Crippen molar-refractivity contribution in [1.82, 2.24) is 24.3 Å². The lowest BCUT2D eigenvalue weighted by Crippen LogP contribution is -2.14.